The van der Waals surface area contributed by atoms with Crippen molar-refractivity contribution in [3.05, 3.63) is 29.8 Å². The van der Waals surface area contributed by atoms with Crippen LogP contribution in [-0.2, 0) is 0 Å². The van der Waals surface area contributed by atoms with Crippen molar-refractivity contribution in [3.8, 4) is 5.75 Å². The molecule has 3 rings (SSSR count). The van der Waals surface area contributed by atoms with Gasteiger partial charge in [0, 0.05) is 18.2 Å². The van der Waals surface area contributed by atoms with Crippen LogP contribution in [0, 0.1) is 0 Å². The molecule has 1 aromatic rings. The number of carbonyl (C=O) groups excluding carboxylic acids is 1. The van der Waals surface area contributed by atoms with Gasteiger partial charge in [-0.3, -0.25) is 4.79 Å². The third-order valence-corrected chi connectivity index (χ3v) is 5.16. The van der Waals surface area contributed by atoms with Crippen LogP contribution in [0.25, 0.3) is 0 Å². The minimum Gasteiger partial charge on any atom is -0.490 e. The van der Waals surface area contributed by atoms with Crippen molar-refractivity contribution in [2.45, 2.75) is 64.0 Å². The van der Waals surface area contributed by atoms with Crippen molar-refractivity contribution in [2.75, 3.05) is 19.6 Å². The summed E-state index contributed by atoms with van der Waals surface area (Å²) in [4.78, 5) is 15.2. The van der Waals surface area contributed by atoms with E-state index in [-0.39, 0.29) is 18.3 Å². The molecule has 0 aromatic heterocycles. The summed E-state index contributed by atoms with van der Waals surface area (Å²) in [6.45, 7) is 4.98. The first-order chi connectivity index (χ1) is 11.8. The fourth-order valence-corrected chi connectivity index (χ4v) is 3.88. The van der Waals surface area contributed by atoms with Crippen LogP contribution in [0.2, 0.25) is 0 Å². The van der Waals surface area contributed by atoms with Gasteiger partial charge in [0.15, 0.2) is 0 Å². The Labute approximate surface area is 157 Å². The Bertz CT molecular complexity index is 540. The minimum atomic E-state index is 0. The lowest BCUT2D eigenvalue weighted by atomic mass is 10.0. The molecule has 2 aliphatic rings. The number of rotatable bonds is 6. The molecule has 5 heteroatoms. The Morgan fingerprint density at radius 1 is 1.20 bits per heavy atom. The van der Waals surface area contributed by atoms with Crippen molar-refractivity contribution < 1.29 is 9.53 Å². The zero-order chi connectivity index (χ0) is 16.8. The van der Waals surface area contributed by atoms with Crippen molar-refractivity contribution in [1.29, 1.82) is 0 Å². The van der Waals surface area contributed by atoms with Crippen LogP contribution >= 0.6 is 12.4 Å². The Balaban J connectivity index is 0.00000225. The monoisotopic (exact) mass is 366 g/mol. The first-order valence-corrected chi connectivity index (χ1v) is 9.56. The molecule has 4 nitrogen and oxygen atoms in total. The van der Waals surface area contributed by atoms with Crippen molar-refractivity contribution in [2.24, 2.45) is 0 Å². The summed E-state index contributed by atoms with van der Waals surface area (Å²) in [5, 5.41) is 3.38. The highest BCUT2D eigenvalue weighted by atomic mass is 35.5. The average molecular weight is 367 g/mol. The number of benzene rings is 1. The highest BCUT2D eigenvalue weighted by Crippen LogP contribution is 2.25. The Morgan fingerprint density at radius 3 is 2.60 bits per heavy atom. The SMILES string of the molecule is CCCN(C(=O)c1cccc(OC2CCCC2)c1)C1CCNCC1.Cl. The number of nitrogens with one attached hydrogen (secondary N) is 1. The highest BCUT2D eigenvalue weighted by Gasteiger charge is 2.26. The smallest absolute Gasteiger partial charge is 0.254 e. The van der Waals surface area contributed by atoms with E-state index in [2.05, 4.69) is 17.1 Å². The van der Waals surface area contributed by atoms with Crippen LogP contribution in [0.3, 0.4) is 0 Å². The first-order valence-electron chi connectivity index (χ1n) is 9.56. The van der Waals surface area contributed by atoms with Crippen LogP contribution in [0.1, 0.15) is 62.2 Å². The fourth-order valence-electron chi connectivity index (χ4n) is 3.88. The van der Waals surface area contributed by atoms with Crippen LogP contribution < -0.4 is 10.1 Å². The molecule has 2 fully saturated rings. The molecule has 1 aliphatic heterocycles. The van der Waals surface area contributed by atoms with Crippen molar-refractivity contribution >= 4 is 18.3 Å². The molecule has 1 aliphatic carbocycles. The number of piperidine rings is 1. The summed E-state index contributed by atoms with van der Waals surface area (Å²) < 4.78 is 6.07. The lowest BCUT2D eigenvalue weighted by Gasteiger charge is -2.34. The molecule has 1 amide bonds. The molecule has 1 heterocycles. The third-order valence-electron chi connectivity index (χ3n) is 5.16. The normalized spacial score (nSPS) is 18.6. The molecule has 0 unspecified atom stereocenters. The highest BCUT2D eigenvalue weighted by molar-refractivity contribution is 5.94. The van der Waals surface area contributed by atoms with Crippen LogP contribution in [0.15, 0.2) is 24.3 Å². The second-order valence-corrected chi connectivity index (χ2v) is 7.03. The van der Waals surface area contributed by atoms with Gasteiger partial charge in [-0.15, -0.1) is 12.4 Å². The van der Waals surface area contributed by atoms with Crippen molar-refractivity contribution in [3.63, 3.8) is 0 Å². The molecule has 25 heavy (non-hydrogen) atoms. The molecule has 0 bridgehead atoms. The molecule has 1 N–H and O–H groups in total. The molecule has 0 atom stereocenters. The van der Waals surface area contributed by atoms with E-state index in [4.69, 9.17) is 4.74 Å². The van der Waals surface area contributed by atoms with E-state index < -0.39 is 0 Å². The summed E-state index contributed by atoms with van der Waals surface area (Å²) in [7, 11) is 0. The van der Waals surface area contributed by atoms with Gasteiger partial charge in [0.05, 0.1) is 6.10 Å². The third kappa shape index (κ3) is 5.35. The van der Waals surface area contributed by atoms with Gasteiger partial charge in [-0.2, -0.15) is 0 Å². The van der Waals surface area contributed by atoms with E-state index in [9.17, 15) is 4.79 Å². The van der Waals surface area contributed by atoms with Gasteiger partial charge < -0.3 is 15.0 Å². The first kappa shape index (κ1) is 20.1. The maximum absolute atomic E-state index is 13.1. The van der Waals surface area contributed by atoms with Crippen LogP contribution in [0.5, 0.6) is 5.75 Å². The molecule has 1 aromatic carbocycles. The van der Waals surface area contributed by atoms with E-state index >= 15 is 0 Å². The largest absolute Gasteiger partial charge is 0.490 e. The maximum atomic E-state index is 13.1. The van der Waals surface area contributed by atoms with Crippen LogP contribution in [0.4, 0.5) is 0 Å². The van der Waals surface area contributed by atoms with Gasteiger partial charge in [-0.05, 0) is 76.2 Å². The number of nitrogens with zero attached hydrogens (tertiary/aromatic N) is 1. The lowest BCUT2D eigenvalue weighted by Crippen LogP contribution is -2.46. The number of hydrogen-bond acceptors (Lipinski definition) is 3. The second-order valence-electron chi connectivity index (χ2n) is 7.03. The van der Waals surface area contributed by atoms with Gasteiger partial charge in [0.1, 0.15) is 5.75 Å². The van der Waals surface area contributed by atoms with Gasteiger partial charge >= 0.3 is 0 Å². The lowest BCUT2D eigenvalue weighted by molar-refractivity contribution is 0.0642. The quantitative estimate of drug-likeness (QED) is 0.826. The van der Waals surface area contributed by atoms with Gasteiger partial charge in [0.25, 0.3) is 5.91 Å². The number of hydrogen-bond donors (Lipinski definition) is 1. The van der Waals surface area contributed by atoms with E-state index in [1.807, 2.05) is 24.3 Å². The minimum absolute atomic E-state index is 0. The molecular weight excluding hydrogens is 336 g/mol. The molecule has 1 saturated carbocycles. The molecule has 0 radical (unpaired) electrons. The number of amides is 1. The van der Waals surface area contributed by atoms with E-state index in [0.717, 1.165) is 63.1 Å². The van der Waals surface area contributed by atoms with E-state index in [1.54, 1.807) is 0 Å². The summed E-state index contributed by atoms with van der Waals surface area (Å²) in [6.07, 6.45) is 8.19. The molecule has 1 saturated heterocycles. The molecule has 0 spiro atoms. The van der Waals surface area contributed by atoms with Gasteiger partial charge in [-0.1, -0.05) is 13.0 Å². The zero-order valence-corrected chi connectivity index (χ0v) is 16.0. The Hall–Kier alpha value is -1.26. The number of halogens is 1. The fraction of sp³-hybridized carbons (Fsp3) is 0.650. The topological polar surface area (TPSA) is 41.6 Å². The zero-order valence-electron chi connectivity index (χ0n) is 15.2. The van der Waals surface area contributed by atoms with Gasteiger partial charge in [-0.25, -0.2) is 0 Å². The average Bonchev–Trinajstić information content (AvgIpc) is 3.13. The van der Waals surface area contributed by atoms with Crippen LogP contribution in [-0.4, -0.2) is 42.6 Å². The summed E-state index contributed by atoms with van der Waals surface area (Å²) in [5.74, 6) is 0.995. The van der Waals surface area contributed by atoms with E-state index in [1.165, 1.54) is 12.8 Å². The Morgan fingerprint density at radius 2 is 1.92 bits per heavy atom. The second kappa shape index (κ2) is 10.0. The standard InChI is InChI=1S/C20H30N2O2.ClH/c1-2-14-22(17-10-12-21-13-11-17)20(23)16-6-5-9-19(15-16)24-18-7-3-4-8-18;/h5-6,9,15,17-18,21H,2-4,7-8,10-14H2,1H3;1H. The molecular formula is C20H31ClN2O2. The number of ether oxygens (including phenoxy) is 1. The summed E-state index contributed by atoms with van der Waals surface area (Å²) >= 11 is 0. The molecule has 140 valence electrons. The maximum Gasteiger partial charge on any atom is 0.254 e. The van der Waals surface area contributed by atoms with Gasteiger partial charge in [0.2, 0.25) is 0 Å². The summed E-state index contributed by atoms with van der Waals surface area (Å²) in [5.41, 5.74) is 0.762. The van der Waals surface area contributed by atoms with Crippen molar-refractivity contribution in [1.82, 2.24) is 10.2 Å². The summed E-state index contributed by atoms with van der Waals surface area (Å²) in [6, 6.07) is 8.14. The van der Waals surface area contributed by atoms with E-state index in [0.29, 0.717) is 12.1 Å². The predicted octanol–water partition coefficient (Wildman–Crippen LogP) is 4.03. The number of carbonyl (C=O) groups is 1. The predicted molar refractivity (Wildman–Crippen MR) is 104 cm³/mol. The Kier molecular flexibility index (Phi) is 8.04.